The molecule has 0 unspecified atom stereocenters. The lowest BCUT2D eigenvalue weighted by Gasteiger charge is -2.12. The molecule has 0 aliphatic rings. The van der Waals surface area contributed by atoms with E-state index in [9.17, 15) is 9.59 Å². The highest BCUT2D eigenvalue weighted by Gasteiger charge is 2.14. The Labute approximate surface area is 181 Å². The second-order valence-electron chi connectivity index (χ2n) is 6.44. The van der Waals surface area contributed by atoms with E-state index in [1.54, 1.807) is 41.8 Å². The molecule has 0 fully saturated rings. The number of hydrogen-bond acceptors (Lipinski definition) is 5. The van der Waals surface area contributed by atoms with E-state index in [1.165, 1.54) is 11.3 Å². The van der Waals surface area contributed by atoms with E-state index in [0.717, 1.165) is 15.4 Å². The predicted octanol–water partition coefficient (Wildman–Crippen LogP) is 6.08. The van der Waals surface area contributed by atoms with Crippen LogP contribution in [0.4, 0.5) is 21.9 Å². The molecule has 0 saturated heterocycles. The molecule has 4 aromatic rings. The van der Waals surface area contributed by atoms with Crippen molar-refractivity contribution in [2.45, 2.75) is 6.92 Å². The number of hydrogen-bond donors (Lipinski definition) is 3. The Bertz CT molecular complexity index is 1170. The minimum absolute atomic E-state index is 0.232. The molecule has 0 aliphatic carbocycles. The van der Waals surface area contributed by atoms with Crippen molar-refractivity contribution >= 4 is 51.7 Å². The van der Waals surface area contributed by atoms with Gasteiger partial charge in [0.1, 0.15) is 9.88 Å². The third-order valence-corrected chi connectivity index (χ3v) is 6.27. The highest BCUT2D eigenvalue weighted by molar-refractivity contribution is 7.22. The average molecular weight is 435 g/mol. The van der Waals surface area contributed by atoms with E-state index >= 15 is 0 Å². The molecule has 6 nitrogen and oxygen atoms in total. The molecule has 30 heavy (non-hydrogen) atoms. The minimum atomic E-state index is -0.356. The number of rotatable bonds is 5. The molecular weight excluding hydrogens is 416 g/mol. The number of aryl methyl sites for hydroxylation is 1. The van der Waals surface area contributed by atoms with Crippen molar-refractivity contribution in [1.82, 2.24) is 4.98 Å². The molecule has 2 aromatic heterocycles. The van der Waals surface area contributed by atoms with Gasteiger partial charge >= 0.3 is 6.03 Å². The van der Waals surface area contributed by atoms with Gasteiger partial charge in [0.2, 0.25) is 0 Å². The highest BCUT2D eigenvalue weighted by atomic mass is 32.1. The smallest absolute Gasteiger partial charge is 0.321 e. The van der Waals surface area contributed by atoms with E-state index in [0.29, 0.717) is 21.9 Å². The first-order valence-electron chi connectivity index (χ1n) is 9.13. The van der Waals surface area contributed by atoms with Crippen molar-refractivity contribution in [2.24, 2.45) is 0 Å². The maximum atomic E-state index is 12.7. The molecule has 2 heterocycles. The van der Waals surface area contributed by atoms with Gasteiger partial charge in [0, 0.05) is 17.1 Å². The minimum Gasteiger partial charge on any atom is -0.321 e. The maximum absolute atomic E-state index is 12.7. The zero-order valence-electron chi connectivity index (χ0n) is 16.0. The highest BCUT2D eigenvalue weighted by Crippen LogP contribution is 2.29. The van der Waals surface area contributed by atoms with Crippen LogP contribution in [0.5, 0.6) is 0 Å². The number of thiophene rings is 1. The molecule has 4 rings (SSSR count). The molecule has 0 spiro atoms. The number of nitrogens with one attached hydrogen (secondary N) is 3. The van der Waals surface area contributed by atoms with Crippen LogP contribution in [-0.2, 0) is 0 Å². The number of amides is 3. The molecule has 0 radical (unpaired) electrons. The Morgan fingerprint density at radius 3 is 2.47 bits per heavy atom. The first-order chi connectivity index (χ1) is 14.6. The number of carbonyl (C=O) groups is 2. The number of nitrogens with zero attached hydrogens (tertiary/aromatic N) is 1. The number of benzene rings is 2. The topological polar surface area (TPSA) is 83.1 Å². The van der Waals surface area contributed by atoms with Gasteiger partial charge in [-0.05, 0) is 48.2 Å². The fourth-order valence-corrected chi connectivity index (χ4v) is 4.34. The number of thiazole rings is 1. The summed E-state index contributed by atoms with van der Waals surface area (Å²) in [6.45, 7) is 1.90. The number of carbonyl (C=O) groups excluding carboxylic acids is 2. The molecule has 150 valence electrons. The second-order valence-corrected chi connectivity index (χ2v) is 8.41. The Morgan fingerprint density at radius 2 is 1.70 bits per heavy atom. The van der Waals surface area contributed by atoms with Crippen molar-refractivity contribution in [1.29, 1.82) is 0 Å². The van der Waals surface area contributed by atoms with E-state index in [4.69, 9.17) is 0 Å². The summed E-state index contributed by atoms with van der Waals surface area (Å²) in [4.78, 5) is 30.8. The average Bonchev–Trinajstić information content (AvgIpc) is 3.43. The first-order valence-corrected chi connectivity index (χ1v) is 10.8. The zero-order chi connectivity index (χ0) is 20.9. The van der Waals surface area contributed by atoms with E-state index in [1.807, 2.05) is 48.7 Å². The number of anilines is 3. The molecule has 0 saturated carbocycles. The molecule has 0 bridgehead atoms. The Kier molecular flexibility index (Phi) is 5.87. The predicted molar refractivity (Wildman–Crippen MR) is 124 cm³/mol. The van der Waals surface area contributed by atoms with Gasteiger partial charge in [-0.3, -0.25) is 4.79 Å². The second kappa shape index (κ2) is 8.89. The Morgan fingerprint density at radius 1 is 0.900 bits per heavy atom. The molecular formula is C22H18N4O2S2. The van der Waals surface area contributed by atoms with Crippen molar-refractivity contribution in [3.63, 3.8) is 0 Å². The van der Waals surface area contributed by atoms with Gasteiger partial charge < -0.3 is 16.0 Å². The molecule has 3 N–H and O–H groups in total. The van der Waals surface area contributed by atoms with Crippen molar-refractivity contribution in [2.75, 3.05) is 16.0 Å². The van der Waals surface area contributed by atoms with Crippen LogP contribution in [0.2, 0.25) is 0 Å². The lowest BCUT2D eigenvalue weighted by atomic mass is 10.1. The summed E-state index contributed by atoms with van der Waals surface area (Å²) in [5.41, 5.74) is 2.79. The van der Waals surface area contributed by atoms with Gasteiger partial charge in [-0.1, -0.05) is 30.3 Å². The van der Waals surface area contributed by atoms with Crippen LogP contribution < -0.4 is 16.0 Å². The third kappa shape index (κ3) is 4.73. The number of aromatic nitrogens is 1. The largest absolute Gasteiger partial charge is 0.323 e. The fourth-order valence-electron chi connectivity index (χ4n) is 2.73. The van der Waals surface area contributed by atoms with Gasteiger partial charge in [0.05, 0.1) is 11.1 Å². The molecule has 8 heteroatoms. The van der Waals surface area contributed by atoms with Gasteiger partial charge in [-0.15, -0.1) is 22.7 Å². The Balaban J connectivity index is 1.44. The van der Waals surface area contributed by atoms with Crippen LogP contribution in [0.15, 0.2) is 72.2 Å². The van der Waals surface area contributed by atoms with Crippen LogP contribution >= 0.6 is 22.7 Å². The van der Waals surface area contributed by atoms with Crippen molar-refractivity contribution < 1.29 is 9.59 Å². The van der Waals surface area contributed by atoms with Crippen molar-refractivity contribution in [3.05, 3.63) is 82.7 Å². The normalized spacial score (nSPS) is 10.4. The van der Waals surface area contributed by atoms with Crippen LogP contribution in [0.25, 0.3) is 9.88 Å². The summed E-state index contributed by atoms with van der Waals surface area (Å²) in [6.07, 6.45) is 1.58. The zero-order valence-corrected chi connectivity index (χ0v) is 17.6. The van der Waals surface area contributed by atoms with E-state index in [2.05, 4.69) is 20.9 Å². The number of para-hydroxylation sites is 1. The van der Waals surface area contributed by atoms with Crippen LogP contribution in [0.1, 0.15) is 15.2 Å². The SMILES string of the molecule is Cc1ccc(NC(=O)Nc2ccccc2)cc1NC(=O)c1cnc(-c2cccs2)s1. The lowest BCUT2D eigenvalue weighted by Crippen LogP contribution is -2.19. The number of urea groups is 1. The summed E-state index contributed by atoms with van der Waals surface area (Å²) in [5.74, 6) is -0.232. The van der Waals surface area contributed by atoms with Crippen LogP contribution in [-0.4, -0.2) is 16.9 Å². The monoisotopic (exact) mass is 434 g/mol. The molecule has 3 amide bonds. The van der Waals surface area contributed by atoms with Crippen LogP contribution in [0.3, 0.4) is 0 Å². The summed E-state index contributed by atoms with van der Waals surface area (Å²) < 4.78 is 0. The maximum Gasteiger partial charge on any atom is 0.323 e. The van der Waals surface area contributed by atoms with E-state index < -0.39 is 0 Å². The quantitative estimate of drug-likeness (QED) is 0.356. The Hall–Kier alpha value is -3.49. The van der Waals surface area contributed by atoms with Gasteiger partial charge in [-0.25, -0.2) is 9.78 Å². The van der Waals surface area contributed by atoms with Gasteiger partial charge in [0.15, 0.2) is 0 Å². The lowest BCUT2D eigenvalue weighted by molar-refractivity contribution is 0.103. The van der Waals surface area contributed by atoms with Crippen LogP contribution in [0, 0.1) is 6.92 Å². The van der Waals surface area contributed by atoms with Gasteiger partial charge in [-0.2, -0.15) is 0 Å². The van der Waals surface area contributed by atoms with E-state index in [-0.39, 0.29) is 11.9 Å². The summed E-state index contributed by atoms with van der Waals surface area (Å²) in [6, 6.07) is 18.1. The molecule has 0 atom stereocenters. The first kappa shape index (κ1) is 19.8. The summed E-state index contributed by atoms with van der Waals surface area (Å²) in [7, 11) is 0. The van der Waals surface area contributed by atoms with Gasteiger partial charge in [0.25, 0.3) is 5.91 Å². The fraction of sp³-hybridized carbons (Fsp3) is 0.0455. The summed E-state index contributed by atoms with van der Waals surface area (Å²) in [5, 5.41) is 11.3. The summed E-state index contributed by atoms with van der Waals surface area (Å²) >= 11 is 2.93. The molecule has 0 aliphatic heterocycles. The molecule has 2 aromatic carbocycles. The standard InChI is InChI=1S/C22H18N4O2S2/c1-14-9-10-16(25-22(28)24-15-6-3-2-4-7-15)12-17(14)26-20(27)19-13-23-21(30-19)18-8-5-11-29-18/h2-13H,1H3,(H,26,27)(H2,24,25,28). The van der Waals surface area contributed by atoms with Crippen molar-refractivity contribution in [3.8, 4) is 9.88 Å². The third-order valence-electron chi connectivity index (χ3n) is 4.24.